The quantitative estimate of drug-likeness (QED) is 0.0822. The number of sulfonamides is 1. The lowest BCUT2D eigenvalue weighted by Crippen LogP contribution is -2.55. The fourth-order valence-electron chi connectivity index (χ4n) is 11.1. The van der Waals surface area contributed by atoms with Crippen molar-refractivity contribution in [2.75, 3.05) is 76.2 Å². The summed E-state index contributed by atoms with van der Waals surface area (Å²) >= 11 is 0. The number of hydrogen-bond acceptors (Lipinski definition) is 13. The summed E-state index contributed by atoms with van der Waals surface area (Å²) < 4.78 is 59.1. The summed E-state index contributed by atoms with van der Waals surface area (Å²) in [6.07, 6.45) is 9.43. The molecule has 1 saturated carbocycles. The molecule has 1 spiro atoms. The Morgan fingerprint density at radius 1 is 1.04 bits per heavy atom. The number of H-pyrrole nitrogens is 1. The lowest BCUT2D eigenvalue weighted by atomic mass is 9.59. The SMILES string of the molecule is CC(C)c1ccccc1[C@@H]1CCCN1C1CC2(CCN(c3ccc(C(=O)NS(=O)(=O)c4cc5c(c([N+](=O)[O-])c4)N[C@@H](CN4CCN(C)CC4)CO5)c(Oc4cnc5[nH]ccc5c4)c3F)CC2)C1. The van der Waals surface area contributed by atoms with E-state index >= 15 is 4.39 Å². The van der Waals surface area contributed by atoms with Gasteiger partial charge in [0.1, 0.15) is 18.0 Å². The van der Waals surface area contributed by atoms with Gasteiger partial charge in [-0.3, -0.25) is 24.7 Å². The average molecular weight is 936 g/mol. The molecule has 354 valence electrons. The number of piperazine rings is 1. The van der Waals surface area contributed by atoms with Crippen molar-refractivity contribution >= 4 is 44.0 Å². The van der Waals surface area contributed by atoms with E-state index < -0.39 is 43.0 Å². The second-order valence-corrected chi connectivity index (χ2v) is 21.1. The van der Waals surface area contributed by atoms with Gasteiger partial charge in [-0.15, -0.1) is 0 Å². The number of fused-ring (bicyclic) bond motifs is 2. The third-order valence-corrected chi connectivity index (χ3v) is 16.1. The second-order valence-electron chi connectivity index (χ2n) is 19.5. The van der Waals surface area contributed by atoms with Crippen molar-refractivity contribution in [3.05, 3.63) is 106 Å². The van der Waals surface area contributed by atoms with Crippen molar-refractivity contribution in [2.24, 2.45) is 5.41 Å². The summed E-state index contributed by atoms with van der Waals surface area (Å²) in [6, 6.07) is 17.8. The maximum atomic E-state index is 17.1. The predicted octanol–water partition coefficient (Wildman–Crippen LogP) is 7.65. The fraction of sp³-hybridized carbons (Fsp3) is 0.469. The van der Waals surface area contributed by atoms with Crippen LogP contribution in [0.1, 0.15) is 85.8 Å². The molecule has 0 unspecified atom stereocenters. The standard InChI is InChI=1S/C49H58FN9O7S/c1-31(2)37-7-4-5-8-38(37)40-9-6-16-58(40)34-26-49(27-34)13-17-57(18-14-49)41-11-10-39(46(44(41)50)66-35-23-32-12-15-51-47(32)52-28-35)48(60)54-67(63,64)36-24-42(59(61)62)45-43(25-36)65-30-33(53-45)29-56-21-19-55(3)20-22-56/h4-5,7-8,10-12,15,23-25,28,31,33-34,40,53H,6,9,13-14,16-22,26-27,29-30H2,1-3H3,(H,51,52)(H,54,60)/t33-,40-/m0/s1. The highest BCUT2D eigenvalue weighted by Gasteiger charge is 2.50. The smallest absolute Gasteiger partial charge is 0.297 e. The number of aromatic nitrogens is 2. The fourth-order valence-corrected chi connectivity index (χ4v) is 12.1. The highest BCUT2D eigenvalue weighted by Crippen LogP contribution is 2.54. The number of anilines is 2. The average Bonchev–Trinajstić information content (AvgIpc) is 3.99. The number of nitro groups is 1. The van der Waals surface area contributed by atoms with E-state index in [0.717, 1.165) is 70.5 Å². The van der Waals surface area contributed by atoms with Gasteiger partial charge >= 0.3 is 0 Å². The number of rotatable bonds is 12. The lowest BCUT2D eigenvalue weighted by Gasteiger charge is -2.56. The number of likely N-dealkylation sites (tertiary alicyclic amines) is 1. The minimum absolute atomic E-state index is 0.0305. The van der Waals surface area contributed by atoms with E-state index in [1.165, 1.54) is 42.3 Å². The molecule has 2 aromatic heterocycles. The van der Waals surface area contributed by atoms with Crippen LogP contribution in [0, 0.1) is 21.3 Å². The number of likely N-dealkylation sites (N-methyl/N-ethyl adjacent to an activating group) is 1. The van der Waals surface area contributed by atoms with Gasteiger partial charge in [0.15, 0.2) is 23.0 Å². The number of carbonyl (C=O) groups excluding carboxylic acids is 1. The Bertz CT molecular complexity index is 2800. The molecule has 4 fully saturated rings. The van der Waals surface area contributed by atoms with E-state index in [4.69, 9.17) is 9.47 Å². The van der Waals surface area contributed by atoms with Crippen LogP contribution >= 0.6 is 0 Å². The summed E-state index contributed by atoms with van der Waals surface area (Å²) in [4.78, 5) is 41.8. The Morgan fingerprint density at radius 3 is 2.58 bits per heavy atom. The number of nitrogens with one attached hydrogen (secondary N) is 3. The maximum Gasteiger partial charge on any atom is 0.297 e. The van der Waals surface area contributed by atoms with Gasteiger partial charge in [0.05, 0.1) is 33.3 Å². The monoisotopic (exact) mass is 935 g/mol. The number of carbonyl (C=O) groups is 1. The van der Waals surface area contributed by atoms with Crippen molar-refractivity contribution in [1.82, 2.24) is 29.4 Å². The van der Waals surface area contributed by atoms with Crippen LogP contribution in [0.15, 0.2) is 78.0 Å². The highest BCUT2D eigenvalue weighted by molar-refractivity contribution is 7.90. The molecule has 16 nitrogen and oxygen atoms in total. The number of pyridine rings is 1. The predicted molar refractivity (Wildman–Crippen MR) is 253 cm³/mol. The molecular formula is C49H58FN9O7S. The van der Waals surface area contributed by atoms with E-state index in [0.29, 0.717) is 48.7 Å². The third kappa shape index (κ3) is 8.91. The largest absolute Gasteiger partial charge is 0.489 e. The topological polar surface area (TPSA) is 179 Å². The molecule has 1 amide bonds. The molecule has 18 heteroatoms. The van der Waals surface area contributed by atoms with E-state index in [1.807, 2.05) is 9.62 Å². The lowest BCUT2D eigenvalue weighted by molar-refractivity contribution is -0.384. The first-order valence-corrected chi connectivity index (χ1v) is 25.0. The van der Waals surface area contributed by atoms with Crippen LogP contribution in [0.3, 0.4) is 0 Å². The Morgan fingerprint density at radius 2 is 1.82 bits per heavy atom. The van der Waals surface area contributed by atoms with Gasteiger partial charge < -0.3 is 29.6 Å². The molecular weight excluding hydrogens is 878 g/mol. The van der Waals surface area contributed by atoms with Crippen LogP contribution in [0.25, 0.3) is 11.0 Å². The number of benzene rings is 3. The summed E-state index contributed by atoms with van der Waals surface area (Å²) in [5, 5.41) is 16.2. The minimum Gasteiger partial charge on any atom is -0.489 e. The van der Waals surface area contributed by atoms with Crippen molar-refractivity contribution in [3.63, 3.8) is 0 Å². The molecule has 67 heavy (non-hydrogen) atoms. The second kappa shape index (κ2) is 18.0. The highest BCUT2D eigenvalue weighted by atomic mass is 32.2. The number of aromatic amines is 1. The molecule has 3 aromatic carbocycles. The summed E-state index contributed by atoms with van der Waals surface area (Å²) in [6.45, 7) is 11.0. The van der Waals surface area contributed by atoms with Gasteiger partial charge in [0.2, 0.25) is 0 Å². The molecule has 0 radical (unpaired) electrons. The van der Waals surface area contributed by atoms with E-state index in [1.54, 1.807) is 18.3 Å². The maximum absolute atomic E-state index is 17.1. The molecule has 10 rings (SSSR count). The third-order valence-electron chi connectivity index (χ3n) is 14.8. The van der Waals surface area contributed by atoms with Crippen molar-refractivity contribution in [3.8, 4) is 17.2 Å². The first kappa shape index (κ1) is 45.0. The number of halogens is 1. The Labute approximate surface area is 390 Å². The Balaban J connectivity index is 0.865. The summed E-state index contributed by atoms with van der Waals surface area (Å²) in [5.41, 5.74) is 3.03. The van der Waals surface area contributed by atoms with Gasteiger partial charge in [-0.25, -0.2) is 22.5 Å². The van der Waals surface area contributed by atoms with Crippen molar-refractivity contribution in [2.45, 2.75) is 81.3 Å². The van der Waals surface area contributed by atoms with Crippen LogP contribution in [0.5, 0.6) is 17.2 Å². The van der Waals surface area contributed by atoms with Gasteiger partial charge in [-0.2, -0.15) is 0 Å². The zero-order chi connectivity index (χ0) is 46.6. The zero-order valence-corrected chi connectivity index (χ0v) is 39.0. The van der Waals surface area contributed by atoms with Gasteiger partial charge in [0.25, 0.3) is 21.6 Å². The van der Waals surface area contributed by atoms with Gasteiger partial charge in [-0.05, 0) is 98.8 Å². The molecule has 5 aromatic rings. The molecule has 3 saturated heterocycles. The van der Waals surface area contributed by atoms with E-state index in [-0.39, 0.29) is 46.5 Å². The molecule has 5 aliphatic rings. The molecule has 3 N–H and O–H groups in total. The molecule has 6 heterocycles. The number of amides is 1. The van der Waals surface area contributed by atoms with Crippen LogP contribution < -0.4 is 24.4 Å². The first-order chi connectivity index (χ1) is 32.2. The number of hydrogen-bond donors (Lipinski definition) is 3. The van der Waals surface area contributed by atoms with E-state index in [9.17, 15) is 23.3 Å². The number of nitro benzene ring substituents is 1. The Hall–Kier alpha value is -5.82. The van der Waals surface area contributed by atoms with Crippen LogP contribution in [0.4, 0.5) is 21.5 Å². The normalized spacial score (nSPS) is 21.5. The molecule has 1 aliphatic carbocycles. The van der Waals surface area contributed by atoms with Crippen LogP contribution in [0.2, 0.25) is 0 Å². The minimum atomic E-state index is -4.77. The van der Waals surface area contributed by atoms with E-state index in [2.05, 4.69) is 75.1 Å². The number of nitrogens with zero attached hydrogens (tertiary/aromatic N) is 6. The van der Waals surface area contributed by atoms with Crippen molar-refractivity contribution in [1.29, 1.82) is 0 Å². The van der Waals surface area contributed by atoms with Crippen molar-refractivity contribution < 1.29 is 32.0 Å². The summed E-state index contributed by atoms with van der Waals surface area (Å²) in [5.74, 6) is -1.91. The molecule has 4 aliphatic heterocycles. The summed E-state index contributed by atoms with van der Waals surface area (Å²) in [7, 11) is -2.72. The number of piperidine rings is 1. The van der Waals surface area contributed by atoms with Gasteiger partial charge in [-0.1, -0.05) is 38.1 Å². The first-order valence-electron chi connectivity index (χ1n) is 23.5. The van der Waals surface area contributed by atoms with Gasteiger partial charge in [0, 0.05) is 81.6 Å². The number of ether oxygens (including phenoxy) is 2. The zero-order valence-electron chi connectivity index (χ0n) is 38.2. The Kier molecular flexibility index (Phi) is 12.1. The molecule has 2 atom stereocenters. The van der Waals surface area contributed by atoms with Crippen LogP contribution in [-0.4, -0.2) is 122 Å². The van der Waals surface area contributed by atoms with Crippen LogP contribution in [-0.2, 0) is 10.0 Å². The molecule has 0 bridgehead atoms.